The molecule has 2 unspecified atom stereocenters. The molecule has 294 valence electrons. The van der Waals surface area contributed by atoms with Crippen molar-refractivity contribution in [2.45, 2.75) is 104 Å². The second-order valence-electron chi connectivity index (χ2n) is 16.0. The lowest BCUT2D eigenvalue weighted by atomic mass is 9.87. The van der Waals surface area contributed by atoms with Gasteiger partial charge in [0.1, 0.15) is 0 Å². The third-order valence-corrected chi connectivity index (χ3v) is 12.6. The summed E-state index contributed by atoms with van der Waals surface area (Å²) in [6.07, 6.45) is 9.50. The Morgan fingerprint density at radius 1 is 0.379 bits per heavy atom. The quantitative estimate of drug-likeness (QED) is 0.0770. The number of nitrogens with zero attached hydrogens (tertiary/aromatic N) is 2. The number of benzene rings is 6. The minimum Gasteiger partial charge on any atom is -0.271 e. The molecule has 4 amide bonds. The maximum absolute atomic E-state index is 13.9. The Morgan fingerprint density at radius 2 is 0.707 bits per heavy atom. The van der Waals surface area contributed by atoms with Gasteiger partial charge in [0.05, 0.1) is 0 Å². The summed E-state index contributed by atoms with van der Waals surface area (Å²) in [7, 11) is 0. The first-order valence-corrected chi connectivity index (χ1v) is 21.4. The van der Waals surface area contributed by atoms with Crippen LogP contribution in [0.5, 0.6) is 0 Å². The molecule has 6 nitrogen and oxygen atoms in total. The van der Waals surface area contributed by atoms with E-state index in [9.17, 15) is 19.2 Å². The van der Waals surface area contributed by atoms with Crippen LogP contribution in [0.4, 0.5) is 0 Å². The zero-order valence-electron chi connectivity index (χ0n) is 34.1. The minimum atomic E-state index is -0.193. The topological polar surface area (TPSA) is 74.8 Å². The molecule has 2 aliphatic rings. The molecule has 0 aromatic heterocycles. The second-order valence-corrected chi connectivity index (χ2v) is 16.0. The molecule has 6 aromatic rings. The molecule has 0 bridgehead atoms. The van der Waals surface area contributed by atoms with E-state index in [1.165, 1.54) is 9.80 Å². The fraction of sp³-hybridized carbons (Fsp3) is 0.308. The lowest BCUT2D eigenvalue weighted by molar-refractivity contribution is 0.0508. The van der Waals surface area contributed by atoms with Gasteiger partial charge in [0.2, 0.25) is 0 Å². The van der Waals surface area contributed by atoms with Crippen LogP contribution in [0.3, 0.4) is 0 Å². The number of carbonyl (C=O) groups excluding carboxylic acids is 4. The monoisotopic (exact) mass is 768 g/mol. The van der Waals surface area contributed by atoms with Gasteiger partial charge in [-0.1, -0.05) is 151 Å². The predicted octanol–water partition coefficient (Wildman–Crippen LogP) is 12.9. The van der Waals surface area contributed by atoms with E-state index in [0.29, 0.717) is 22.3 Å². The van der Waals surface area contributed by atoms with Crippen molar-refractivity contribution in [1.29, 1.82) is 0 Å². The van der Waals surface area contributed by atoms with E-state index in [1.807, 2.05) is 60.7 Å². The maximum Gasteiger partial charge on any atom is 0.261 e. The molecule has 6 heteroatoms. The molecule has 6 aromatic carbocycles. The summed E-state index contributed by atoms with van der Waals surface area (Å²) in [6.45, 7) is 8.44. The summed E-state index contributed by atoms with van der Waals surface area (Å²) < 4.78 is 0. The fourth-order valence-corrected chi connectivity index (χ4v) is 9.37. The van der Waals surface area contributed by atoms with Crippen LogP contribution in [0, 0.1) is 0 Å². The van der Waals surface area contributed by atoms with Crippen LogP contribution in [0.25, 0.3) is 54.9 Å². The van der Waals surface area contributed by atoms with Crippen molar-refractivity contribution in [3.63, 3.8) is 0 Å². The van der Waals surface area contributed by atoms with E-state index < -0.39 is 0 Å². The average Bonchev–Trinajstić information content (AvgIpc) is 3.26. The Hall–Kier alpha value is -5.88. The van der Waals surface area contributed by atoms with Gasteiger partial charge >= 0.3 is 0 Å². The van der Waals surface area contributed by atoms with Gasteiger partial charge in [-0.05, 0) is 94.1 Å². The van der Waals surface area contributed by atoms with Crippen LogP contribution in [-0.4, -0.2) is 45.5 Å². The van der Waals surface area contributed by atoms with Crippen LogP contribution in [0.15, 0.2) is 109 Å². The normalized spacial score (nSPS) is 14.8. The molecule has 8 rings (SSSR count). The highest BCUT2D eigenvalue weighted by Crippen LogP contribution is 2.40. The van der Waals surface area contributed by atoms with Gasteiger partial charge in [0.15, 0.2) is 0 Å². The predicted molar refractivity (Wildman–Crippen MR) is 235 cm³/mol. The van der Waals surface area contributed by atoms with E-state index in [4.69, 9.17) is 0 Å². The largest absolute Gasteiger partial charge is 0.271 e. The standard InChI is InChI=1S/C52H52N2O4/c1-5-9-11-15-37(7-3)53-49(55)43-19-13-17-41-39(29-31-45(47(41)43)51(53)57)35-25-21-33(22-26-35)34-23-27-36(28-24-34)40-30-32-46-48-42(40)18-14-20-44(48)50(56)54(52(46)58)38(8-4)16-12-10-6-2/h13-14,17-32,37-38H,5-12,15-16H2,1-4H3. The van der Waals surface area contributed by atoms with E-state index >= 15 is 0 Å². The molecule has 0 spiro atoms. The molecule has 0 N–H and O–H groups in total. The molecule has 2 atom stereocenters. The van der Waals surface area contributed by atoms with Gasteiger partial charge < -0.3 is 0 Å². The van der Waals surface area contributed by atoms with Gasteiger partial charge in [0, 0.05) is 45.1 Å². The lowest BCUT2D eigenvalue weighted by Crippen LogP contribution is -2.46. The molecule has 0 fully saturated rings. The first-order valence-electron chi connectivity index (χ1n) is 21.4. The van der Waals surface area contributed by atoms with Gasteiger partial charge in [-0.3, -0.25) is 29.0 Å². The summed E-state index contributed by atoms with van der Waals surface area (Å²) in [5.74, 6) is -0.771. The van der Waals surface area contributed by atoms with Crippen molar-refractivity contribution >= 4 is 45.2 Å². The third kappa shape index (κ3) is 6.72. The van der Waals surface area contributed by atoms with Crippen LogP contribution in [0.2, 0.25) is 0 Å². The Labute approximate surface area is 341 Å². The maximum atomic E-state index is 13.9. The zero-order valence-corrected chi connectivity index (χ0v) is 34.1. The van der Waals surface area contributed by atoms with Gasteiger partial charge in [-0.25, -0.2) is 0 Å². The highest BCUT2D eigenvalue weighted by Gasteiger charge is 2.38. The molecular formula is C52H52N2O4. The average molecular weight is 769 g/mol. The Bertz CT molecular complexity index is 2330. The van der Waals surface area contributed by atoms with Crippen LogP contribution in [-0.2, 0) is 0 Å². The second kappa shape index (κ2) is 16.5. The van der Waals surface area contributed by atoms with Crippen molar-refractivity contribution in [2.24, 2.45) is 0 Å². The molecule has 2 aliphatic heterocycles. The minimum absolute atomic E-state index is 0.106. The number of rotatable bonds is 15. The first-order chi connectivity index (χ1) is 28.3. The number of hydrogen-bond acceptors (Lipinski definition) is 4. The Morgan fingerprint density at radius 3 is 1.05 bits per heavy atom. The van der Waals surface area contributed by atoms with Crippen LogP contribution < -0.4 is 0 Å². The van der Waals surface area contributed by atoms with E-state index in [0.717, 1.165) is 119 Å². The Kier molecular flexibility index (Phi) is 11.1. The summed E-state index contributed by atoms with van der Waals surface area (Å²) in [6, 6.07) is 36.1. The van der Waals surface area contributed by atoms with Crippen molar-refractivity contribution in [3.05, 3.63) is 131 Å². The van der Waals surface area contributed by atoms with Crippen molar-refractivity contribution in [3.8, 4) is 33.4 Å². The molecule has 0 radical (unpaired) electrons. The summed E-state index contributed by atoms with van der Waals surface area (Å²) in [5, 5.41) is 3.29. The summed E-state index contributed by atoms with van der Waals surface area (Å²) >= 11 is 0. The van der Waals surface area contributed by atoms with E-state index in [-0.39, 0.29) is 35.7 Å². The smallest absolute Gasteiger partial charge is 0.261 e. The summed E-state index contributed by atoms with van der Waals surface area (Å²) in [5.41, 5.74) is 8.49. The van der Waals surface area contributed by atoms with Crippen molar-refractivity contribution < 1.29 is 19.2 Å². The molecule has 0 saturated carbocycles. The SMILES string of the molecule is CCCCCC(CC)N1C(=O)c2cccc3c(-c4ccc(-c5ccc(-c6ccc7c8c(cccc68)C(=O)N(C(CC)CCCCC)C7=O)cc5)cc4)ccc(c23)C1=O. The number of carbonyl (C=O) groups is 4. The Balaban J connectivity index is 1.05. The van der Waals surface area contributed by atoms with Crippen molar-refractivity contribution in [1.82, 2.24) is 9.80 Å². The van der Waals surface area contributed by atoms with Crippen molar-refractivity contribution in [2.75, 3.05) is 0 Å². The molecular weight excluding hydrogens is 717 g/mol. The highest BCUT2D eigenvalue weighted by molar-refractivity contribution is 6.28. The van der Waals surface area contributed by atoms with Crippen LogP contribution in [0.1, 0.15) is 133 Å². The number of hydrogen-bond donors (Lipinski definition) is 0. The molecule has 0 aliphatic carbocycles. The third-order valence-electron chi connectivity index (χ3n) is 12.6. The molecule has 58 heavy (non-hydrogen) atoms. The number of unbranched alkanes of at least 4 members (excludes halogenated alkanes) is 4. The highest BCUT2D eigenvalue weighted by atomic mass is 16.2. The van der Waals surface area contributed by atoms with E-state index in [2.05, 4.69) is 76.2 Å². The zero-order chi connectivity index (χ0) is 40.5. The van der Waals surface area contributed by atoms with Gasteiger partial charge in [-0.15, -0.1) is 0 Å². The lowest BCUT2D eigenvalue weighted by Gasteiger charge is -2.34. The van der Waals surface area contributed by atoms with Gasteiger partial charge in [0.25, 0.3) is 23.6 Å². The van der Waals surface area contributed by atoms with E-state index in [1.54, 1.807) is 0 Å². The fourth-order valence-electron chi connectivity index (χ4n) is 9.37. The summed E-state index contributed by atoms with van der Waals surface area (Å²) in [4.78, 5) is 58.7. The number of amides is 4. The molecule has 0 saturated heterocycles. The first kappa shape index (κ1) is 39.0. The van der Waals surface area contributed by atoms with Gasteiger partial charge in [-0.2, -0.15) is 0 Å². The molecule has 2 heterocycles. The van der Waals surface area contributed by atoms with Crippen LogP contribution >= 0.6 is 0 Å². The number of imide groups is 2.